The van der Waals surface area contributed by atoms with Crippen molar-refractivity contribution < 1.29 is 4.74 Å². The highest BCUT2D eigenvalue weighted by Gasteiger charge is 2.30. The van der Waals surface area contributed by atoms with Gasteiger partial charge in [-0.05, 0) is 62.3 Å². The highest BCUT2D eigenvalue weighted by molar-refractivity contribution is 5.46. The SMILES string of the molecule is COc1cc(C)cc(C)c1C1CCCC1CN. The Morgan fingerprint density at radius 1 is 1.29 bits per heavy atom. The molecule has 1 aliphatic rings. The maximum atomic E-state index is 5.89. The average Bonchev–Trinajstić information content (AvgIpc) is 2.75. The summed E-state index contributed by atoms with van der Waals surface area (Å²) in [5, 5.41) is 0. The topological polar surface area (TPSA) is 35.2 Å². The lowest BCUT2D eigenvalue weighted by Crippen LogP contribution is -2.18. The fraction of sp³-hybridized carbons (Fsp3) is 0.600. The maximum Gasteiger partial charge on any atom is 0.122 e. The van der Waals surface area contributed by atoms with Crippen molar-refractivity contribution in [3.05, 3.63) is 28.8 Å². The van der Waals surface area contributed by atoms with Crippen LogP contribution in [0.15, 0.2) is 12.1 Å². The third-order valence-electron chi connectivity index (χ3n) is 4.05. The summed E-state index contributed by atoms with van der Waals surface area (Å²) in [6.07, 6.45) is 3.81. The van der Waals surface area contributed by atoms with E-state index >= 15 is 0 Å². The van der Waals surface area contributed by atoms with Crippen molar-refractivity contribution in [3.8, 4) is 5.75 Å². The van der Waals surface area contributed by atoms with Crippen LogP contribution in [0, 0.1) is 19.8 Å². The number of hydrogen-bond donors (Lipinski definition) is 1. The summed E-state index contributed by atoms with van der Waals surface area (Å²) in [6.45, 7) is 5.10. The predicted molar refractivity (Wildman–Crippen MR) is 71.6 cm³/mol. The molecular weight excluding hydrogens is 210 g/mol. The first-order valence-corrected chi connectivity index (χ1v) is 6.52. The summed E-state index contributed by atoms with van der Waals surface area (Å²) in [7, 11) is 1.77. The van der Waals surface area contributed by atoms with Gasteiger partial charge in [0.1, 0.15) is 5.75 Å². The lowest BCUT2D eigenvalue weighted by molar-refractivity contribution is 0.395. The minimum Gasteiger partial charge on any atom is -0.496 e. The Labute approximate surface area is 104 Å². The Balaban J connectivity index is 2.43. The number of nitrogens with two attached hydrogens (primary N) is 1. The van der Waals surface area contributed by atoms with E-state index in [1.807, 2.05) is 0 Å². The highest BCUT2D eigenvalue weighted by atomic mass is 16.5. The van der Waals surface area contributed by atoms with Gasteiger partial charge in [-0.15, -0.1) is 0 Å². The lowest BCUT2D eigenvalue weighted by Gasteiger charge is -2.23. The molecule has 2 rings (SSSR count). The van der Waals surface area contributed by atoms with E-state index in [1.165, 1.54) is 36.0 Å². The summed E-state index contributed by atoms with van der Waals surface area (Å²) in [6, 6.07) is 4.40. The summed E-state index contributed by atoms with van der Waals surface area (Å²) in [5.41, 5.74) is 9.91. The smallest absolute Gasteiger partial charge is 0.122 e. The first-order valence-electron chi connectivity index (χ1n) is 6.52. The molecule has 0 heterocycles. The Hall–Kier alpha value is -1.02. The average molecular weight is 233 g/mol. The van der Waals surface area contributed by atoms with Crippen LogP contribution in [-0.4, -0.2) is 13.7 Å². The first kappa shape index (κ1) is 12.4. The van der Waals surface area contributed by atoms with E-state index in [-0.39, 0.29) is 0 Å². The van der Waals surface area contributed by atoms with E-state index in [4.69, 9.17) is 10.5 Å². The molecule has 94 valence electrons. The van der Waals surface area contributed by atoms with Crippen molar-refractivity contribution in [2.45, 2.75) is 39.0 Å². The summed E-state index contributed by atoms with van der Waals surface area (Å²) in [4.78, 5) is 0. The normalized spacial score (nSPS) is 24.0. The summed E-state index contributed by atoms with van der Waals surface area (Å²) in [5.74, 6) is 2.27. The quantitative estimate of drug-likeness (QED) is 0.870. The van der Waals surface area contributed by atoms with Gasteiger partial charge in [-0.25, -0.2) is 0 Å². The molecule has 0 spiro atoms. The number of hydrogen-bond acceptors (Lipinski definition) is 2. The van der Waals surface area contributed by atoms with Crippen LogP contribution in [0.3, 0.4) is 0 Å². The Morgan fingerprint density at radius 2 is 2.06 bits per heavy atom. The minimum atomic E-state index is 0.593. The van der Waals surface area contributed by atoms with Crippen molar-refractivity contribution in [2.24, 2.45) is 11.7 Å². The van der Waals surface area contributed by atoms with E-state index in [1.54, 1.807) is 7.11 Å². The number of rotatable bonds is 3. The monoisotopic (exact) mass is 233 g/mol. The van der Waals surface area contributed by atoms with Crippen LogP contribution in [0.4, 0.5) is 0 Å². The van der Waals surface area contributed by atoms with Gasteiger partial charge in [0.25, 0.3) is 0 Å². The van der Waals surface area contributed by atoms with E-state index in [0.717, 1.165) is 12.3 Å². The zero-order valence-corrected chi connectivity index (χ0v) is 11.1. The van der Waals surface area contributed by atoms with Crippen LogP contribution in [0.1, 0.15) is 41.9 Å². The van der Waals surface area contributed by atoms with Crippen LogP contribution >= 0.6 is 0 Å². The van der Waals surface area contributed by atoms with Gasteiger partial charge in [-0.3, -0.25) is 0 Å². The second-order valence-electron chi connectivity index (χ2n) is 5.23. The number of aryl methyl sites for hydroxylation is 2. The van der Waals surface area contributed by atoms with Crippen molar-refractivity contribution in [2.75, 3.05) is 13.7 Å². The molecule has 1 aliphatic carbocycles. The van der Waals surface area contributed by atoms with Gasteiger partial charge in [0.05, 0.1) is 7.11 Å². The van der Waals surface area contributed by atoms with Crippen molar-refractivity contribution >= 4 is 0 Å². The second kappa shape index (κ2) is 5.09. The fourth-order valence-corrected chi connectivity index (χ4v) is 3.28. The maximum absolute atomic E-state index is 5.89. The fourth-order valence-electron chi connectivity index (χ4n) is 3.28. The van der Waals surface area contributed by atoms with Crippen molar-refractivity contribution in [1.82, 2.24) is 0 Å². The van der Waals surface area contributed by atoms with Gasteiger partial charge in [0, 0.05) is 5.56 Å². The van der Waals surface area contributed by atoms with Gasteiger partial charge < -0.3 is 10.5 Å². The van der Waals surface area contributed by atoms with Crippen LogP contribution < -0.4 is 10.5 Å². The van der Waals surface area contributed by atoms with Gasteiger partial charge in [-0.1, -0.05) is 12.5 Å². The predicted octanol–water partition coefficient (Wildman–Crippen LogP) is 3.15. The number of ether oxygens (including phenoxy) is 1. The molecule has 0 saturated heterocycles. The third kappa shape index (κ3) is 2.32. The van der Waals surface area contributed by atoms with Crippen LogP contribution in [0.25, 0.3) is 0 Å². The van der Waals surface area contributed by atoms with Crippen molar-refractivity contribution in [3.63, 3.8) is 0 Å². The third-order valence-corrected chi connectivity index (χ3v) is 4.05. The Kier molecular flexibility index (Phi) is 3.72. The molecule has 2 nitrogen and oxygen atoms in total. The second-order valence-corrected chi connectivity index (χ2v) is 5.23. The molecule has 2 heteroatoms. The van der Waals surface area contributed by atoms with Gasteiger partial charge in [0.2, 0.25) is 0 Å². The molecule has 2 unspecified atom stereocenters. The van der Waals surface area contributed by atoms with E-state index < -0.39 is 0 Å². The molecule has 1 saturated carbocycles. The number of benzene rings is 1. The van der Waals surface area contributed by atoms with Gasteiger partial charge >= 0.3 is 0 Å². The zero-order chi connectivity index (χ0) is 12.4. The molecule has 0 amide bonds. The molecule has 0 aliphatic heterocycles. The van der Waals surface area contributed by atoms with Crippen molar-refractivity contribution in [1.29, 1.82) is 0 Å². The first-order chi connectivity index (χ1) is 8.17. The lowest BCUT2D eigenvalue weighted by atomic mass is 9.85. The standard InChI is InChI=1S/C15H23NO/c1-10-7-11(2)15(14(8-10)17-3)13-6-4-5-12(13)9-16/h7-8,12-13H,4-6,9,16H2,1-3H3. The van der Waals surface area contributed by atoms with Crippen LogP contribution in [0.2, 0.25) is 0 Å². The molecule has 1 fully saturated rings. The zero-order valence-electron chi connectivity index (χ0n) is 11.1. The van der Waals surface area contributed by atoms with E-state index in [0.29, 0.717) is 11.8 Å². The number of methoxy groups -OCH3 is 1. The van der Waals surface area contributed by atoms with Crippen LogP contribution in [0.5, 0.6) is 5.75 Å². The van der Waals surface area contributed by atoms with Gasteiger partial charge in [-0.2, -0.15) is 0 Å². The molecule has 0 radical (unpaired) electrons. The Bertz CT molecular complexity index is 400. The van der Waals surface area contributed by atoms with E-state index in [9.17, 15) is 0 Å². The molecule has 0 bridgehead atoms. The molecular formula is C15H23NO. The molecule has 2 N–H and O–H groups in total. The summed E-state index contributed by atoms with van der Waals surface area (Å²) < 4.78 is 5.57. The van der Waals surface area contributed by atoms with Gasteiger partial charge in [0.15, 0.2) is 0 Å². The minimum absolute atomic E-state index is 0.593. The summed E-state index contributed by atoms with van der Waals surface area (Å²) >= 11 is 0. The Morgan fingerprint density at radius 3 is 2.71 bits per heavy atom. The van der Waals surface area contributed by atoms with Crippen LogP contribution in [-0.2, 0) is 0 Å². The largest absolute Gasteiger partial charge is 0.496 e. The molecule has 1 aromatic rings. The van der Waals surface area contributed by atoms with E-state index in [2.05, 4.69) is 26.0 Å². The highest BCUT2D eigenvalue weighted by Crippen LogP contribution is 2.44. The molecule has 0 aromatic heterocycles. The molecule has 1 aromatic carbocycles. The molecule has 17 heavy (non-hydrogen) atoms. The molecule has 2 atom stereocenters.